The number of anilines is 1. The Morgan fingerprint density at radius 2 is 2.21 bits per heavy atom. The number of benzene rings is 1. The number of nitrogens with zero attached hydrogens (tertiary/aromatic N) is 4. The van der Waals surface area contributed by atoms with E-state index in [1.165, 1.54) is 6.42 Å². The highest BCUT2D eigenvalue weighted by atomic mass is 35.5. The molecule has 1 fully saturated rings. The summed E-state index contributed by atoms with van der Waals surface area (Å²) in [5.41, 5.74) is 7.28. The minimum Gasteiger partial charge on any atom is -0.399 e. The lowest BCUT2D eigenvalue weighted by Gasteiger charge is -2.12. The molecule has 2 N–H and O–H groups in total. The number of hydrogen-bond acceptors (Lipinski definition) is 4. The van der Waals surface area contributed by atoms with Crippen LogP contribution in [0.2, 0.25) is 5.02 Å². The molecule has 6 heteroatoms. The lowest BCUT2D eigenvalue weighted by Crippen LogP contribution is -2.09. The molecule has 0 saturated heterocycles. The van der Waals surface area contributed by atoms with Crippen molar-refractivity contribution in [3.8, 4) is 11.4 Å². The molecule has 1 saturated carbocycles. The van der Waals surface area contributed by atoms with Gasteiger partial charge >= 0.3 is 0 Å². The van der Waals surface area contributed by atoms with Crippen LogP contribution in [-0.2, 0) is 0 Å². The highest BCUT2D eigenvalue weighted by molar-refractivity contribution is 6.33. The Hall–Kier alpha value is -1.62. The summed E-state index contributed by atoms with van der Waals surface area (Å²) < 4.78 is 1.89. The molecule has 1 aliphatic rings. The van der Waals surface area contributed by atoms with Gasteiger partial charge in [-0.1, -0.05) is 18.5 Å². The first kappa shape index (κ1) is 12.4. The smallest absolute Gasteiger partial charge is 0.183 e. The van der Waals surface area contributed by atoms with Crippen LogP contribution in [0, 0.1) is 5.92 Å². The van der Waals surface area contributed by atoms with E-state index in [1.807, 2.05) is 10.7 Å². The van der Waals surface area contributed by atoms with Gasteiger partial charge in [-0.3, -0.25) is 0 Å². The second kappa shape index (κ2) is 4.81. The van der Waals surface area contributed by atoms with Crippen LogP contribution in [0.4, 0.5) is 5.69 Å². The fraction of sp³-hybridized carbons (Fsp3) is 0.462. The molecule has 1 aromatic heterocycles. The van der Waals surface area contributed by atoms with Gasteiger partial charge < -0.3 is 5.73 Å². The molecule has 5 nitrogen and oxygen atoms in total. The fourth-order valence-electron chi connectivity index (χ4n) is 2.73. The molecule has 0 amide bonds. The van der Waals surface area contributed by atoms with Gasteiger partial charge in [0.05, 0.1) is 11.1 Å². The van der Waals surface area contributed by atoms with Crippen molar-refractivity contribution in [2.45, 2.75) is 32.2 Å². The topological polar surface area (TPSA) is 69.6 Å². The van der Waals surface area contributed by atoms with Gasteiger partial charge in [0.15, 0.2) is 5.82 Å². The molecule has 2 atom stereocenters. The first-order valence-electron chi connectivity index (χ1n) is 6.48. The molecule has 1 aromatic carbocycles. The molecular formula is C13H16ClN5. The Balaban J connectivity index is 2.02. The van der Waals surface area contributed by atoms with Crippen molar-refractivity contribution in [3.05, 3.63) is 23.2 Å². The number of nitrogen functional groups attached to an aromatic ring is 1. The van der Waals surface area contributed by atoms with E-state index in [-0.39, 0.29) is 0 Å². The summed E-state index contributed by atoms with van der Waals surface area (Å²) in [5, 5.41) is 12.7. The fourth-order valence-corrected chi connectivity index (χ4v) is 2.93. The number of hydrogen-bond donors (Lipinski definition) is 1. The maximum atomic E-state index is 6.23. The molecule has 0 radical (unpaired) electrons. The summed E-state index contributed by atoms with van der Waals surface area (Å²) in [6.45, 7) is 2.26. The highest BCUT2D eigenvalue weighted by Gasteiger charge is 2.27. The Labute approximate surface area is 116 Å². The molecular weight excluding hydrogens is 262 g/mol. The summed E-state index contributed by atoms with van der Waals surface area (Å²) in [6.07, 6.45) is 3.44. The van der Waals surface area contributed by atoms with Crippen molar-refractivity contribution in [3.63, 3.8) is 0 Å². The zero-order chi connectivity index (χ0) is 13.4. The third-order valence-electron chi connectivity index (χ3n) is 3.74. The molecule has 3 rings (SSSR count). The van der Waals surface area contributed by atoms with Gasteiger partial charge in [-0.15, -0.1) is 5.10 Å². The molecule has 19 heavy (non-hydrogen) atoms. The molecule has 0 aliphatic heterocycles. The molecule has 2 aromatic rings. The van der Waals surface area contributed by atoms with E-state index in [2.05, 4.69) is 22.4 Å². The Kier molecular flexibility index (Phi) is 3.14. The molecule has 0 spiro atoms. The van der Waals surface area contributed by atoms with Gasteiger partial charge in [0.2, 0.25) is 0 Å². The van der Waals surface area contributed by atoms with Crippen LogP contribution >= 0.6 is 11.6 Å². The summed E-state index contributed by atoms with van der Waals surface area (Å²) in [6, 6.07) is 5.74. The molecule has 1 heterocycles. The number of nitrogens with two attached hydrogens (primary N) is 1. The first-order chi connectivity index (χ1) is 9.15. The van der Waals surface area contributed by atoms with E-state index in [4.69, 9.17) is 17.3 Å². The maximum absolute atomic E-state index is 6.23. The molecule has 0 bridgehead atoms. The lowest BCUT2D eigenvalue weighted by atomic mass is 10.1. The SMILES string of the molecule is CC1CCC(n2nnnc2-c2cc(N)ccc2Cl)C1. The van der Waals surface area contributed by atoms with Crippen molar-refractivity contribution in [1.82, 2.24) is 20.2 Å². The summed E-state index contributed by atoms with van der Waals surface area (Å²) in [7, 11) is 0. The quantitative estimate of drug-likeness (QED) is 0.857. The average molecular weight is 278 g/mol. The minimum atomic E-state index is 0.359. The van der Waals surface area contributed by atoms with E-state index in [0.29, 0.717) is 22.6 Å². The van der Waals surface area contributed by atoms with E-state index < -0.39 is 0 Å². The van der Waals surface area contributed by atoms with Gasteiger partial charge in [0, 0.05) is 11.3 Å². The molecule has 100 valence electrons. The van der Waals surface area contributed by atoms with Crippen LogP contribution in [0.3, 0.4) is 0 Å². The summed E-state index contributed by atoms with van der Waals surface area (Å²) >= 11 is 6.23. The van der Waals surface area contributed by atoms with Crippen molar-refractivity contribution in [2.24, 2.45) is 5.92 Å². The van der Waals surface area contributed by atoms with E-state index >= 15 is 0 Å². The van der Waals surface area contributed by atoms with Gasteiger partial charge in [0.1, 0.15) is 0 Å². The Morgan fingerprint density at radius 1 is 1.37 bits per heavy atom. The first-order valence-corrected chi connectivity index (χ1v) is 6.86. The van der Waals surface area contributed by atoms with Crippen molar-refractivity contribution in [1.29, 1.82) is 0 Å². The van der Waals surface area contributed by atoms with E-state index in [9.17, 15) is 0 Å². The van der Waals surface area contributed by atoms with E-state index in [0.717, 1.165) is 24.3 Å². The maximum Gasteiger partial charge on any atom is 0.183 e. The third kappa shape index (κ3) is 2.30. The van der Waals surface area contributed by atoms with Crippen LogP contribution in [0.25, 0.3) is 11.4 Å². The van der Waals surface area contributed by atoms with Crippen LogP contribution in [0.15, 0.2) is 18.2 Å². The zero-order valence-corrected chi connectivity index (χ0v) is 11.5. The van der Waals surface area contributed by atoms with Gasteiger partial charge in [-0.25, -0.2) is 4.68 Å². The average Bonchev–Trinajstić information content (AvgIpc) is 3.00. The third-order valence-corrected chi connectivity index (χ3v) is 4.07. The minimum absolute atomic E-state index is 0.359. The Morgan fingerprint density at radius 3 is 2.95 bits per heavy atom. The zero-order valence-electron chi connectivity index (χ0n) is 10.8. The van der Waals surface area contributed by atoms with Gasteiger partial charge in [-0.2, -0.15) is 0 Å². The normalized spacial score (nSPS) is 22.8. The predicted octanol–water partition coefficient (Wildman–Crippen LogP) is 2.94. The number of rotatable bonds is 2. The van der Waals surface area contributed by atoms with Crippen LogP contribution in [0.5, 0.6) is 0 Å². The van der Waals surface area contributed by atoms with Crippen molar-refractivity contribution in [2.75, 3.05) is 5.73 Å². The lowest BCUT2D eigenvalue weighted by molar-refractivity contribution is 0.443. The standard InChI is InChI=1S/C13H16ClN5/c1-8-2-4-10(6-8)19-13(16-17-18-19)11-7-9(15)3-5-12(11)14/h3,5,7-8,10H,2,4,6,15H2,1H3. The predicted molar refractivity (Wildman–Crippen MR) is 74.7 cm³/mol. The Bertz CT molecular complexity index is 594. The monoisotopic (exact) mass is 277 g/mol. The number of tetrazole rings is 1. The van der Waals surface area contributed by atoms with Crippen LogP contribution in [-0.4, -0.2) is 20.2 Å². The van der Waals surface area contributed by atoms with Crippen LogP contribution < -0.4 is 5.73 Å². The molecule has 1 aliphatic carbocycles. The second-order valence-electron chi connectivity index (χ2n) is 5.26. The van der Waals surface area contributed by atoms with Crippen molar-refractivity contribution >= 4 is 17.3 Å². The number of aromatic nitrogens is 4. The number of halogens is 1. The summed E-state index contributed by atoms with van der Waals surface area (Å²) in [5.74, 6) is 1.43. The van der Waals surface area contributed by atoms with E-state index in [1.54, 1.807) is 12.1 Å². The largest absolute Gasteiger partial charge is 0.399 e. The highest BCUT2D eigenvalue weighted by Crippen LogP contribution is 2.37. The molecule has 2 unspecified atom stereocenters. The van der Waals surface area contributed by atoms with Gasteiger partial charge in [-0.05, 0) is 53.8 Å². The summed E-state index contributed by atoms with van der Waals surface area (Å²) in [4.78, 5) is 0. The van der Waals surface area contributed by atoms with Crippen LogP contribution in [0.1, 0.15) is 32.2 Å². The van der Waals surface area contributed by atoms with Gasteiger partial charge in [0.25, 0.3) is 0 Å². The van der Waals surface area contributed by atoms with Crippen molar-refractivity contribution < 1.29 is 0 Å². The second-order valence-corrected chi connectivity index (χ2v) is 5.67.